The van der Waals surface area contributed by atoms with Crippen molar-refractivity contribution in [3.63, 3.8) is 0 Å². The van der Waals surface area contributed by atoms with Gasteiger partial charge >= 0.3 is 0 Å². The monoisotopic (exact) mass is 325 g/mol. The van der Waals surface area contributed by atoms with E-state index >= 15 is 0 Å². The molecule has 2 aromatic rings. The van der Waals surface area contributed by atoms with Crippen LogP contribution in [0.4, 0.5) is 5.69 Å². The van der Waals surface area contributed by atoms with Gasteiger partial charge in [0.1, 0.15) is 0 Å². The van der Waals surface area contributed by atoms with Gasteiger partial charge in [-0.15, -0.1) is 0 Å². The second-order valence-electron chi connectivity index (χ2n) is 5.93. The molecule has 5 heteroatoms. The number of rotatable bonds is 5. The molecule has 1 atom stereocenters. The van der Waals surface area contributed by atoms with E-state index in [2.05, 4.69) is 22.5 Å². The second kappa shape index (κ2) is 8.04. The molecule has 1 aromatic carbocycles. The molecular formula is C19H23N3O2. The Morgan fingerprint density at radius 3 is 2.75 bits per heavy atom. The van der Waals surface area contributed by atoms with Gasteiger partial charge in [-0.25, -0.2) is 0 Å². The summed E-state index contributed by atoms with van der Waals surface area (Å²) in [5, 5.41) is 6.22. The van der Waals surface area contributed by atoms with Crippen LogP contribution in [0, 0.1) is 0 Å². The van der Waals surface area contributed by atoms with Crippen LogP contribution in [0.25, 0.3) is 0 Å². The van der Waals surface area contributed by atoms with Crippen molar-refractivity contribution in [1.82, 2.24) is 10.3 Å². The predicted molar refractivity (Wildman–Crippen MR) is 94.2 cm³/mol. The van der Waals surface area contributed by atoms with Crippen molar-refractivity contribution in [2.75, 3.05) is 25.0 Å². The Kier molecular flexibility index (Phi) is 5.56. The predicted octanol–water partition coefficient (Wildman–Crippen LogP) is 2.95. The zero-order chi connectivity index (χ0) is 16.8. The Bertz CT molecular complexity index is 662. The zero-order valence-corrected chi connectivity index (χ0v) is 13.9. The van der Waals surface area contributed by atoms with E-state index in [9.17, 15) is 4.79 Å². The van der Waals surface area contributed by atoms with Gasteiger partial charge < -0.3 is 15.4 Å². The fourth-order valence-electron chi connectivity index (χ4n) is 2.73. The Morgan fingerprint density at radius 2 is 2.12 bits per heavy atom. The highest BCUT2D eigenvalue weighted by Crippen LogP contribution is 2.21. The van der Waals surface area contributed by atoms with Crippen LogP contribution in [0.2, 0.25) is 0 Å². The molecule has 2 heterocycles. The lowest BCUT2D eigenvalue weighted by Crippen LogP contribution is -2.33. The average Bonchev–Trinajstić information content (AvgIpc) is 2.64. The van der Waals surface area contributed by atoms with Crippen molar-refractivity contribution in [2.45, 2.75) is 25.9 Å². The molecule has 126 valence electrons. The molecule has 5 nitrogen and oxygen atoms in total. The van der Waals surface area contributed by atoms with Gasteiger partial charge in [-0.05, 0) is 36.2 Å². The molecule has 1 aromatic heterocycles. The van der Waals surface area contributed by atoms with Crippen molar-refractivity contribution in [1.29, 1.82) is 0 Å². The van der Waals surface area contributed by atoms with E-state index < -0.39 is 0 Å². The number of morpholine rings is 1. The number of carbonyl (C=O) groups is 1. The lowest BCUT2D eigenvalue weighted by molar-refractivity contribution is 0.0277. The van der Waals surface area contributed by atoms with Crippen LogP contribution < -0.4 is 10.6 Å². The third-order valence-electron chi connectivity index (χ3n) is 4.06. The number of pyridine rings is 1. The first-order valence-electron chi connectivity index (χ1n) is 8.45. The summed E-state index contributed by atoms with van der Waals surface area (Å²) in [6.45, 7) is 4.56. The first-order chi connectivity index (χ1) is 11.8. The molecule has 1 fully saturated rings. The summed E-state index contributed by atoms with van der Waals surface area (Å²) in [5.41, 5.74) is 3.47. The lowest BCUT2D eigenvalue weighted by Gasteiger charge is -2.24. The van der Waals surface area contributed by atoms with Gasteiger partial charge in [0.15, 0.2) is 0 Å². The lowest BCUT2D eigenvalue weighted by atomic mass is 10.1. The molecule has 0 saturated carbocycles. The molecule has 1 saturated heterocycles. The number of ether oxygens (including phenoxy) is 1. The first-order valence-corrected chi connectivity index (χ1v) is 8.45. The van der Waals surface area contributed by atoms with Crippen molar-refractivity contribution in [3.8, 4) is 0 Å². The topological polar surface area (TPSA) is 63.2 Å². The molecule has 0 unspecified atom stereocenters. The number of carbonyl (C=O) groups excluding carboxylic acids is 1. The van der Waals surface area contributed by atoms with E-state index in [0.717, 1.165) is 49.5 Å². The van der Waals surface area contributed by atoms with Crippen LogP contribution in [0.5, 0.6) is 0 Å². The summed E-state index contributed by atoms with van der Waals surface area (Å²) in [7, 11) is 0. The fraction of sp³-hybridized carbons (Fsp3) is 0.368. The molecule has 24 heavy (non-hydrogen) atoms. The smallest absolute Gasteiger partial charge is 0.257 e. The summed E-state index contributed by atoms with van der Waals surface area (Å²) in [4.78, 5) is 16.6. The molecular weight excluding hydrogens is 302 g/mol. The minimum atomic E-state index is -0.145. The van der Waals surface area contributed by atoms with Crippen LogP contribution in [-0.2, 0) is 11.2 Å². The van der Waals surface area contributed by atoms with Gasteiger partial charge in [-0.1, -0.05) is 25.5 Å². The van der Waals surface area contributed by atoms with Crippen LogP contribution >= 0.6 is 0 Å². The summed E-state index contributed by atoms with van der Waals surface area (Å²) in [5.74, 6) is -0.145. The van der Waals surface area contributed by atoms with Gasteiger partial charge in [0.05, 0.1) is 18.3 Å². The molecule has 0 aliphatic carbocycles. The Hall–Kier alpha value is -2.24. The van der Waals surface area contributed by atoms with E-state index in [-0.39, 0.29) is 12.0 Å². The van der Waals surface area contributed by atoms with E-state index in [1.54, 1.807) is 6.20 Å². The van der Waals surface area contributed by atoms with Crippen LogP contribution in [0.3, 0.4) is 0 Å². The van der Waals surface area contributed by atoms with Crippen LogP contribution in [-0.4, -0.2) is 30.6 Å². The fourth-order valence-corrected chi connectivity index (χ4v) is 2.73. The number of hydrogen-bond donors (Lipinski definition) is 2. The maximum Gasteiger partial charge on any atom is 0.257 e. The van der Waals surface area contributed by atoms with Gasteiger partial charge in [-0.3, -0.25) is 9.78 Å². The number of aromatic nitrogens is 1. The molecule has 1 aliphatic heterocycles. The number of nitrogens with zero attached hydrogens (tertiary/aromatic N) is 1. The van der Waals surface area contributed by atoms with Crippen molar-refractivity contribution in [3.05, 3.63) is 59.4 Å². The van der Waals surface area contributed by atoms with Gasteiger partial charge in [0.2, 0.25) is 0 Å². The third-order valence-corrected chi connectivity index (χ3v) is 4.06. The van der Waals surface area contributed by atoms with E-state index in [1.807, 2.05) is 36.4 Å². The number of aryl methyl sites for hydroxylation is 1. The molecule has 0 spiro atoms. The number of anilines is 1. The average molecular weight is 325 g/mol. The van der Waals surface area contributed by atoms with Crippen molar-refractivity contribution >= 4 is 11.6 Å². The molecule has 1 aliphatic rings. The Balaban J connectivity index is 1.61. The maximum atomic E-state index is 12.3. The van der Waals surface area contributed by atoms with E-state index in [4.69, 9.17) is 4.74 Å². The maximum absolute atomic E-state index is 12.3. The molecule has 3 rings (SSSR count). The number of benzene rings is 1. The quantitative estimate of drug-likeness (QED) is 0.887. The normalized spacial score (nSPS) is 17.5. The van der Waals surface area contributed by atoms with E-state index in [1.165, 1.54) is 0 Å². The zero-order valence-electron chi connectivity index (χ0n) is 13.9. The Labute approximate surface area is 142 Å². The summed E-state index contributed by atoms with van der Waals surface area (Å²) < 4.78 is 5.73. The van der Waals surface area contributed by atoms with Gasteiger partial charge in [0.25, 0.3) is 5.91 Å². The first kappa shape index (κ1) is 16.6. The van der Waals surface area contributed by atoms with E-state index in [0.29, 0.717) is 5.56 Å². The third kappa shape index (κ3) is 4.19. The number of hydrogen-bond acceptors (Lipinski definition) is 4. The molecule has 0 bridgehead atoms. The SMILES string of the molecule is CCCc1ccc(C(=O)Nc2ccc([C@H]3CNCCO3)cc2)cn1. The van der Waals surface area contributed by atoms with Crippen LogP contribution in [0.1, 0.15) is 41.1 Å². The minimum Gasteiger partial charge on any atom is -0.371 e. The largest absolute Gasteiger partial charge is 0.371 e. The highest BCUT2D eigenvalue weighted by atomic mass is 16.5. The highest BCUT2D eigenvalue weighted by Gasteiger charge is 2.15. The minimum absolute atomic E-state index is 0.0822. The molecule has 1 amide bonds. The standard InChI is InChI=1S/C19H23N3O2/c1-2-3-16-7-6-15(12-21-16)19(23)22-17-8-4-14(5-9-17)18-13-20-10-11-24-18/h4-9,12,18,20H,2-3,10-11,13H2,1H3,(H,22,23)/t18-/m1/s1. The van der Waals surface area contributed by atoms with Gasteiger partial charge in [0, 0.05) is 30.7 Å². The second-order valence-corrected chi connectivity index (χ2v) is 5.93. The number of nitrogens with one attached hydrogen (secondary N) is 2. The summed E-state index contributed by atoms with van der Waals surface area (Å²) >= 11 is 0. The van der Waals surface area contributed by atoms with Gasteiger partial charge in [-0.2, -0.15) is 0 Å². The molecule has 0 radical (unpaired) electrons. The summed E-state index contributed by atoms with van der Waals surface area (Å²) in [6, 6.07) is 11.5. The summed E-state index contributed by atoms with van der Waals surface area (Å²) in [6.07, 6.45) is 3.70. The van der Waals surface area contributed by atoms with Crippen molar-refractivity contribution in [2.24, 2.45) is 0 Å². The Morgan fingerprint density at radius 1 is 1.29 bits per heavy atom. The highest BCUT2D eigenvalue weighted by molar-refractivity contribution is 6.04. The van der Waals surface area contributed by atoms with Crippen molar-refractivity contribution < 1.29 is 9.53 Å². The van der Waals surface area contributed by atoms with Crippen LogP contribution in [0.15, 0.2) is 42.6 Å². The molecule has 2 N–H and O–H groups in total. The number of amides is 1.